The van der Waals surface area contributed by atoms with Crippen LogP contribution < -0.4 is 0 Å². The third kappa shape index (κ3) is 4.37. The van der Waals surface area contributed by atoms with Gasteiger partial charge in [-0.3, -0.25) is 4.79 Å². The zero-order valence-electron chi connectivity index (χ0n) is 15.2. The van der Waals surface area contributed by atoms with Crippen molar-refractivity contribution in [3.63, 3.8) is 0 Å². The van der Waals surface area contributed by atoms with Crippen molar-refractivity contribution in [1.29, 1.82) is 5.26 Å². The summed E-state index contributed by atoms with van der Waals surface area (Å²) in [7, 11) is 0. The van der Waals surface area contributed by atoms with Gasteiger partial charge in [0.25, 0.3) is 0 Å². The van der Waals surface area contributed by atoms with Crippen LogP contribution in [0.15, 0.2) is 29.8 Å². The van der Waals surface area contributed by atoms with Gasteiger partial charge in [-0.25, -0.2) is 4.68 Å². The van der Waals surface area contributed by atoms with Crippen molar-refractivity contribution in [2.75, 3.05) is 0 Å². The summed E-state index contributed by atoms with van der Waals surface area (Å²) in [6.45, 7) is 9.75. The number of nitriles is 1. The van der Waals surface area contributed by atoms with Gasteiger partial charge in [0, 0.05) is 11.0 Å². The van der Waals surface area contributed by atoms with Gasteiger partial charge in [0.2, 0.25) is 0 Å². The quantitative estimate of drug-likeness (QED) is 0.588. The Hall–Kier alpha value is -2.38. The van der Waals surface area contributed by atoms with Crippen molar-refractivity contribution >= 4 is 23.5 Å². The molecule has 2 rings (SSSR count). The highest BCUT2D eigenvalue weighted by Gasteiger charge is 2.26. The summed E-state index contributed by atoms with van der Waals surface area (Å²) < 4.78 is 1.68. The molecular formula is C20H22ClN3O. The maximum absolute atomic E-state index is 12.4. The Morgan fingerprint density at radius 3 is 2.40 bits per heavy atom. The average molecular weight is 356 g/mol. The van der Waals surface area contributed by atoms with Crippen molar-refractivity contribution < 1.29 is 4.79 Å². The molecule has 0 saturated heterocycles. The first-order valence-electron chi connectivity index (χ1n) is 8.08. The number of rotatable bonds is 4. The largest absolute Gasteiger partial charge is 0.293 e. The van der Waals surface area contributed by atoms with Gasteiger partial charge < -0.3 is 0 Å². The Morgan fingerprint density at radius 2 is 1.88 bits per heavy atom. The molecule has 0 fully saturated rings. The molecule has 1 heterocycles. The van der Waals surface area contributed by atoms with Gasteiger partial charge in [0.15, 0.2) is 5.78 Å². The first-order chi connectivity index (χ1) is 11.6. The number of carbonyl (C=O) groups is 1. The molecule has 0 saturated carbocycles. The minimum absolute atomic E-state index is 0.0902. The van der Waals surface area contributed by atoms with Crippen LogP contribution in [-0.4, -0.2) is 15.6 Å². The summed E-state index contributed by atoms with van der Waals surface area (Å²) in [6, 6.07) is 10.1. The summed E-state index contributed by atoms with van der Waals surface area (Å²) in [5, 5.41) is 14.2. The summed E-state index contributed by atoms with van der Waals surface area (Å²) in [6.07, 6.45) is 1.55. The lowest BCUT2D eigenvalue weighted by Crippen LogP contribution is -2.21. The number of hydrogen-bond donors (Lipinski definition) is 0. The van der Waals surface area contributed by atoms with Crippen LogP contribution in [-0.2, 0) is 11.3 Å². The third-order valence-electron chi connectivity index (χ3n) is 3.90. The van der Waals surface area contributed by atoms with Gasteiger partial charge in [-0.2, -0.15) is 10.4 Å². The van der Waals surface area contributed by atoms with Crippen molar-refractivity contribution in [1.82, 2.24) is 9.78 Å². The second-order valence-corrected chi connectivity index (χ2v) is 7.54. The SMILES string of the molecule is Cc1ccc(Cn2nc(C)c(/C=C(\C#N)C(=O)C(C)(C)C)c2Cl)cc1. The predicted octanol–water partition coefficient (Wildman–Crippen LogP) is 4.72. The van der Waals surface area contributed by atoms with Crippen LogP contribution in [0.2, 0.25) is 5.15 Å². The smallest absolute Gasteiger partial charge is 0.178 e. The maximum atomic E-state index is 12.4. The van der Waals surface area contributed by atoms with Crippen LogP contribution in [0.25, 0.3) is 6.08 Å². The van der Waals surface area contributed by atoms with E-state index in [1.165, 1.54) is 5.56 Å². The van der Waals surface area contributed by atoms with Gasteiger partial charge in [0.05, 0.1) is 17.8 Å². The van der Waals surface area contributed by atoms with Crippen LogP contribution in [0.3, 0.4) is 0 Å². The third-order valence-corrected chi connectivity index (χ3v) is 4.30. The molecule has 5 heteroatoms. The molecule has 0 aliphatic carbocycles. The highest BCUT2D eigenvalue weighted by atomic mass is 35.5. The second-order valence-electron chi connectivity index (χ2n) is 7.18. The van der Waals surface area contributed by atoms with Crippen LogP contribution >= 0.6 is 11.6 Å². The Balaban J connectivity index is 2.39. The molecule has 0 N–H and O–H groups in total. The van der Waals surface area contributed by atoms with Crippen molar-refractivity contribution in [3.05, 3.63) is 57.4 Å². The fourth-order valence-corrected chi connectivity index (χ4v) is 2.69. The second kappa shape index (κ2) is 7.25. The molecule has 130 valence electrons. The van der Waals surface area contributed by atoms with Gasteiger partial charge in [-0.15, -0.1) is 0 Å². The number of Topliss-reactive ketones (excluding diaryl/α,β-unsaturated/α-hetero) is 1. The molecule has 0 aliphatic heterocycles. The highest BCUT2D eigenvalue weighted by molar-refractivity contribution is 6.31. The van der Waals surface area contributed by atoms with E-state index in [1.54, 1.807) is 31.5 Å². The Bertz CT molecular complexity index is 862. The van der Waals surface area contributed by atoms with E-state index >= 15 is 0 Å². The molecule has 1 aromatic carbocycles. The number of halogens is 1. The summed E-state index contributed by atoms with van der Waals surface area (Å²) in [4.78, 5) is 12.4. The molecule has 0 atom stereocenters. The fourth-order valence-electron chi connectivity index (χ4n) is 2.40. The lowest BCUT2D eigenvalue weighted by atomic mass is 9.86. The van der Waals surface area contributed by atoms with Crippen LogP contribution in [0.5, 0.6) is 0 Å². The molecule has 0 radical (unpaired) electrons. The number of ketones is 1. The molecule has 0 bridgehead atoms. The van der Waals surface area contributed by atoms with Gasteiger partial charge in [-0.1, -0.05) is 62.2 Å². The van der Waals surface area contributed by atoms with Crippen molar-refractivity contribution in [2.24, 2.45) is 5.41 Å². The standard InChI is InChI=1S/C20H22ClN3O/c1-13-6-8-15(9-7-13)12-24-19(21)17(14(2)23-24)10-16(11-22)18(25)20(3,4)5/h6-10H,12H2,1-5H3/b16-10+. The van der Waals surface area contributed by atoms with Crippen LogP contribution in [0.4, 0.5) is 0 Å². The van der Waals surface area contributed by atoms with E-state index in [1.807, 2.05) is 44.2 Å². The summed E-state index contributed by atoms with van der Waals surface area (Å²) in [5.41, 5.74) is 3.04. The Morgan fingerprint density at radius 1 is 1.28 bits per heavy atom. The zero-order valence-corrected chi connectivity index (χ0v) is 16.0. The van der Waals surface area contributed by atoms with E-state index in [2.05, 4.69) is 5.10 Å². The van der Waals surface area contributed by atoms with Crippen LogP contribution in [0.1, 0.15) is 43.2 Å². The molecule has 4 nitrogen and oxygen atoms in total. The van der Waals surface area contributed by atoms with E-state index in [0.29, 0.717) is 23.0 Å². The minimum Gasteiger partial charge on any atom is -0.293 e. The first-order valence-corrected chi connectivity index (χ1v) is 8.46. The molecule has 0 spiro atoms. The van der Waals surface area contributed by atoms with E-state index in [0.717, 1.165) is 5.56 Å². The lowest BCUT2D eigenvalue weighted by molar-refractivity contribution is -0.121. The zero-order chi connectivity index (χ0) is 18.8. The normalized spacial score (nSPS) is 12.1. The number of allylic oxidation sites excluding steroid dienone is 1. The molecule has 25 heavy (non-hydrogen) atoms. The number of carbonyl (C=O) groups excluding carboxylic acids is 1. The summed E-state index contributed by atoms with van der Waals surface area (Å²) in [5.74, 6) is -0.211. The molecule has 0 aliphatic rings. The number of aryl methyl sites for hydroxylation is 2. The Labute approximate surface area is 153 Å². The molecule has 2 aromatic rings. The molecular weight excluding hydrogens is 334 g/mol. The predicted molar refractivity (Wildman–Crippen MR) is 100 cm³/mol. The Kier molecular flexibility index (Phi) is 5.49. The lowest BCUT2D eigenvalue weighted by Gasteiger charge is -2.15. The summed E-state index contributed by atoms with van der Waals surface area (Å²) >= 11 is 6.47. The van der Waals surface area contributed by atoms with E-state index in [9.17, 15) is 10.1 Å². The van der Waals surface area contributed by atoms with Crippen molar-refractivity contribution in [3.8, 4) is 6.07 Å². The van der Waals surface area contributed by atoms with Gasteiger partial charge in [-0.05, 0) is 25.5 Å². The minimum atomic E-state index is -0.625. The number of aromatic nitrogens is 2. The maximum Gasteiger partial charge on any atom is 0.178 e. The van der Waals surface area contributed by atoms with E-state index < -0.39 is 5.41 Å². The molecule has 0 unspecified atom stereocenters. The monoisotopic (exact) mass is 355 g/mol. The number of hydrogen-bond acceptors (Lipinski definition) is 3. The highest BCUT2D eigenvalue weighted by Crippen LogP contribution is 2.26. The van der Waals surface area contributed by atoms with Gasteiger partial charge in [0.1, 0.15) is 11.2 Å². The number of nitrogens with zero attached hydrogens (tertiary/aromatic N) is 3. The van der Waals surface area contributed by atoms with Gasteiger partial charge >= 0.3 is 0 Å². The first kappa shape index (κ1) is 19.0. The molecule has 0 amide bonds. The van der Waals surface area contributed by atoms with Crippen molar-refractivity contribution in [2.45, 2.75) is 41.2 Å². The van der Waals surface area contributed by atoms with E-state index in [-0.39, 0.29) is 11.4 Å². The van der Waals surface area contributed by atoms with E-state index in [4.69, 9.17) is 11.6 Å². The topological polar surface area (TPSA) is 58.7 Å². The van der Waals surface area contributed by atoms with Crippen LogP contribution in [0, 0.1) is 30.6 Å². The average Bonchev–Trinajstić information content (AvgIpc) is 2.80. The molecule has 1 aromatic heterocycles. The fraction of sp³-hybridized carbons (Fsp3) is 0.350. The number of benzene rings is 1.